The molecule has 0 radical (unpaired) electrons. The van der Waals surface area contributed by atoms with E-state index in [9.17, 15) is 28.8 Å². The molecule has 0 spiro atoms. The van der Waals surface area contributed by atoms with Crippen LogP contribution in [0.2, 0.25) is 0 Å². The third kappa shape index (κ3) is 13.8. The van der Waals surface area contributed by atoms with E-state index in [1.807, 2.05) is 12.2 Å². The van der Waals surface area contributed by atoms with Crippen molar-refractivity contribution in [2.24, 2.45) is 11.8 Å². The van der Waals surface area contributed by atoms with Crippen molar-refractivity contribution in [1.29, 1.82) is 0 Å². The minimum Gasteiger partial charge on any atom is -0.490 e. The Hall–Kier alpha value is -5.46. The van der Waals surface area contributed by atoms with E-state index in [4.69, 9.17) is 33.9 Å². The summed E-state index contributed by atoms with van der Waals surface area (Å²) in [5, 5.41) is 17.7. The van der Waals surface area contributed by atoms with Gasteiger partial charge in [-0.05, 0) is 79.2 Å². The van der Waals surface area contributed by atoms with Crippen LogP contribution in [0.3, 0.4) is 0 Å². The minimum atomic E-state index is -1.13. The molecule has 0 saturated heterocycles. The summed E-state index contributed by atoms with van der Waals surface area (Å²) >= 11 is 0. The van der Waals surface area contributed by atoms with Crippen molar-refractivity contribution in [3.63, 3.8) is 0 Å². The Morgan fingerprint density at radius 1 is 0.796 bits per heavy atom. The van der Waals surface area contributed by atoms with Gasteiger partial charge in [0.15, 0.2) is 6.10 Å². The molecular weight excluding hydrogens is 700 g/mol. The quantitative estimate of drug-likeness (QED) is 0.0795. The Morgan fingerprint density at radius 3 is 1.80 bits per heavy atom. The van der Waals surface area contributed by atoms with Crippen LogP contribution in [0.25, 0.3) is 5.57 Å². The van der Waals surface area contributed by atoms with Gasteiger partial charge in [-0.1, -0.05) is 63.4 Å². The largest absolute Gasteiger partial charge is 0.490 e. The first-order chi connectivity index (χ1) is 25.4. The first-order valence-electron chi connectivity index (χ1n) is 17.7. The van der Waals surface area contributed by atoms with E-state index in [1.54, 1.807) is 0 Å². The van der Waals surface area contributed by atoms with Crippen LogP contribution in [0.1, 0.15) is 83.8 Å². The van der Waals surface area contributed by atoms with Crippen LogP contribution in [-0.2, 0) is 57.9 Å². The lowest BCUT2D eigenvalue weighted by Crippen LogP contribution is -2.30. The average Bonchev–Trinajstić information content (AvgIpc) is 3.10. The highest BCUT2D eigenvalue weighted by molar-refractivity contribution is 5.87. The van der Waals surface area contributed by atoms with Crippen LogP contribution in [0.15, 0.2) is 78.6 Å². The van der Waals surface area contributed by atoms with Crippen LogP contribution in [0.4, 0.5) is 0 Å². The summed E-state index contributed by atoms with van der Waals surface area (Å²) in [5.74, 6) is -4.10. The van der Waals surface area contributed by atoms with Gasteiger partial charge in [0, 0.05) is 11.1 Å². The molecule has 4 unspecified atom stereocenters. The maximum Gasteiger partial charge on any atom is 0.333 e. The first-order valence-corrected chi connectivity index (χ1v) is 17.7. The molecule has 0 fully saturated rings. The zero-order chi connectivity index (χ0) is 40.0. The van der Waals surface area contributed by atoms with Crippen LogP contribution in [0.5, 0.6) is 0 Å². The number of carboxylic acids is 2. The number of hydrogen-bond acceptors (Lipinski definition) is 11. The van der Waals surface area contributed by atoms with Gasteiger partial charge in [0.2, 0.25) is 0 Å². The van der Waals surface area contributed by atoms with Gasteiger partial charge in [0.05, 0.1) is 25.7 Å². The van der Waals surface area contributed by atoms with E-state index in [1.165, 1.54) is 13.8 Å². The van der Waals surface area contributed by atoms with Gasteiger partial charge < -0.3 is 33.9 Å². The highest BCUT2D eigenvalue weighted by Gasteiger charge is 2.32. The minimum absolute atomic E-state index is 0.0816. The normalized spacial score (nSPS) is 17.3. The molecular formula is C41H50O13. The summed E-state index contributed by atoms with van der Waals surface area (Å²) in [4.78, 5) is 69.9. The summed E-state index contributed by atoms with van der Waals surface area (Å²) in [6.07, 6.45) is 6.79. The third-order valence-electron chi connectivity index (χ3n) is 9.09. The van der Waals surface area contributed by atoms with Crippen molar-refractivity contribution in [1.82, 2.24) is 0 Å². The summed E-state index contributed by atoms with van der Waals surface area (Å²) in [6, 6.07) is 8.36. The van der Waals surface area contributed by atoms with Gasteiger partial charge in [-0.3, -0.25) is 19.2 Å². The SMILES string of the molecule is C=C(C)C(=O)OCC(COC1=CCC(C(C)(C)c2ccc(C3=CC(CC(COC(=O)C(=C)C)OC(=O)CCC(=O)O)C3)cc2)C=C1)OC(=O)CCC(=O)O. The Bertz CT molecular complexity index is 1680. The molecule has 2 aliphatic carbocycles. The van der Waals surface area contributed by atoms with Gasteiger partial charge >= 0.3 is 35.8 Å². The summed E-state index contributed by atoms with van der Waals surface area (Å²) < 4.78 is 27.0. The zero-order valence-corrected chi connectivity index (χ0v) is 31.3. The molecule has 0 heterocycles. The number of allylic oxidation sites excluding steroid dienone is 5. The summed E-state index contributed by atoms with van der Waals surface area (Å²) in [7, 11) is 0. The molecule has 0 bridgehead atoms. The van der Waals surface area contributed by atoms with Crippen molar-refractivity contribution in [2.45, 2.75) is 90.3 Å². The summed E-state index contributed by atoms with van der Waals surface area (Å²) in [5.41, 5.74) is 3.50. The van der Waals surface area contributed by atoms with E-state index < -0.39 is 48.0 Å². The maximum atomic E-state index is 12.2. The number of ether oxygens (including phenoxy) is 5. The van der Waals surface area contributed by atoms with Crippen LogP contribution < -0.4 is 0 Å². The number of rotatable bonds is 22. The maximum absolute atomic E-state index is 12.2. The van der Waals surface area contributed by atoms with Gasteiger partial charge in [-0.15, -0.1) is 0 Å². The molecule has 0 aliphatic heterocycles. The van der Waals surface area contributed by atoms with Crippen LogP contribution in [0, 0.1) is 11.8 Å². The van der Waals surface area contributed by atoms with Gasteiger partial charge in [0.25, 0.3) is 0 Å². The lowest BCUT2D eigenvalue weighted by molar-refractivity contribution is -0.161. The molecule has 13 nitrogen and oxygen atoms in total. The molecule has 292 valence electrons. The summed E-state index contributed by atoms with van der Waals surface area (Å²) in [6.45, 7) is 13.9. The molecule has 3 rings (SSSR count). The second-order valence-electron chi connectivity index (χ2n) is 14.1. The molecule has 2 N–H and O–H groups in total. The van der Waals surface area contributed by atoms with Gasteiger partial charge in [-0.2, -0.15) is 0 Å². The zero-order valence-electron chi connectivity index (χ0n) is 31.3. The fourth-order valence-electron chi connectivity index (χ4n) is 5.75. The Morgan fingerprint density at radius 2 is 1.31 bits per heavy atom. The number of carbonyl (C=O) groups is 6. The predicted molar refractivity (Wildman–Crippen MR) is 196 cm³/mol. The molecule has 0 amide bonds. The number of benzene rings is 1. The molecule has 1 aromatic rings. The van der Waals surface area contributed by atoms with Crippen molar-refractivity contribution < 1.29 is 62.7 Å². The molecule has 1 aromatic carbocycles. The highest BCUT2D eigenvalue weighted by atomic mass is 16.6. The predicted octanol–water partition coefficient (Wildman–Crippen LogP) is 6.03. The monoisotopic (exact) mass is 750 g/mol. The Labute approximate surface area is 315 Å². The Balaban J connectivity index is 1.57. The molecule has 0 aromatic heterocycles. The average molecular weight is 751 g/mol. The molecule has 4 atom stereocenters. The Kier molecular flexibility index (Phi) is 16.0. The standard InChI is InChI=1S/C41H50O13/c1-25(2)39(48)51-22-33(53-37(46)17-15-35(42)43)21-27-19-29(20-27)28-7-9-30(10-8-28)41(5,6)31-11-13-32(14-12-31)50-23-34(24-52-40(49)26(3)4)54-38(47)18-16-36(44)45/h7-11,13-14,19,27,31,33-34H,1,3,12,15-18,20-24H2,2,4-6H3,(H,42,43)(H,44,45). The second kappa shape index (κ2) is 20.1. The number of carboxylic acid groups (broad SMARTS) is 2. The second-order valence-corrected chi connectivity index (χ2v) is 14.1. The fraction of sp³-hybridized carbons (Fsp3) is 0.463. The van der Waals surface area contributed by atoms with Crippen LogP contribution in [-0.4, -0.2) is 78.1 Å². The van der Waals surface area contributed by atoms with E-state index >= 15 is 0 Å². The van der Waals surface area contributed by atoms with Gasteiger partial charge in [-0.25, -0.2) is 9.59 Å². The highest BCUT2D eigenvalue weighted by Crippen LogP contribution is 2.40. The number of carbonyl (C=O) groups excluding carboxylic acids is 4. The van der Waals surface area contributed by atoms with Crippen molar-refractivity contribution in [3.8, 4) is 0 Å². The fourth-order valence-corrected chi connectivity index (χ4v) is 5.75. The van der Waals surface area contributed by atoms with E-state index in [0.29, 0.717) is 18.6 Å². The molecule has 54 heavy (non-hydrogen) atoms. The smallest absolute Gasteiger partial charge is 0.333 e. The van der Waals surface area contributed by atoms with E-state index in [0.717, 1.165) is 23.1 Å². The third-order valence-corrected chi connectivity index (χ3v) is 9.09. The van der Waals surface area contributed by atoms with E-state index in [-0.39, 0.29) is 73.9 Å². The number of esters is 4. The number of hydrogen-bond donors (Lipinski definition) is 2. The lowest BCUT2D eigenvalue weighted by atomic mass is 9.70. The molecule has 2 aliphatic rings. The molecule has 0 saturated carbocycles. The van der Waals surface area contributed by atoms with Crippen molar-refractivity contribution >= 4 is 41.4 Å². The number of aliphatic carboxylic acids is 2. The van der Waals surface area contributed by atoms with E-state index in [2.05, 4.69) is 63.4 Å². The topological polar surface area (TPSA) is 189 Å². The van der Waals surface area contributed by atoms with Crippen LogP contribution >= 0.6 is 0 Å². The van der Waals surface area contributed by atoms with Crippen molar-refractivity contribution in [2.75, 3.05) is 19.8 Å². The van der Waals surface area contributed by atoms with Gasteiger partial charge in [0.1, 0.15) is 31.7 Å². The first kappa shape index (κ1) is 42.9. The molecule has 13 heteroatoms. The lowest BCUT2D eigenvalue weighted by Gasteiger charge is -2.35. The van der Waals surface area contributed by atoms with Crippen molar-refractivity contribution in [3.05, 3.63) is 89.8 Å².